The van der Waals surface area contributed by atoms with E-state index in [2.05, 4.69) is 15.2 Å². The van der Waals surface area contributed by atoms with E-state index < -0.39 is 0 Å². The van der Waals surface area contributed by atoms with Crippen LogP contribution in [0, 0.1) is 0 Å². The van der Waals surface area contributed by atoms with E-state index in [4.69, 9.17) is 0 Å². The quantitative estimate of drug-likeness (QED) is 0.840. The van der Waals surface area contributed by atoms with Crippen LogP contribution in [0.1, 0.15) is 31.7 Å². The Hall–Kier alpha value is -1.46. The van der Waals surface area contributed by atoms with Crippen LogP contribution < -0.4 is 5.32 Å². The van der Waals surface area contributed by atoms with E-state index in [1.54, 1.807) is 19.3 Å². The van der Waals surface area contributed by atoms with E-state index >= 15 is 0 Å². The Morgan fingerprint density at radius 2 is 2.45 bits per heavy atom. The molecule has 5 heteroatoms. The van der Waals surface area contributed by atoms with Crippen molar-refractivity contribution in [2.24, 2.45) is 0 Å². The first-order valence-electron chi connectivity index (χ1n) is 7.24. The van der Waals surface area contributed by atoms with E-state index in [1.807, 2.05) is 12.1 Å². The smallest absolute Gasteiger partial charge is 0.234 e. The van der Waals surface area contributed by atoms with Gasteiger partial charge in [0.25, 0.3) is 0 Å². The summed E-state index contributed by atoms with van der Waals surface area (Å²) in [6.45, 7) is 3.54. The van der Waals surface area contributed by atoms with Gasteiger partial charge in [-0.15, -0.1) is 0 Å². The molecular weight excluding hydrogens is 254 g/mol. The second-order valence-corrected chi connectivity index (χ2v) is 5.41. The molecule has 2 heterocycles. The van der Waals surface area contributed by atoms with Gasteiger partial charge in [-0.05, 0) is 37.9 Å². The fourth-order valence-corrected chi connectivity index (χ4v) is 2.70. The summed E-state index contributed by atoms with van der Waals surface area (Å²) in [6.07, 6.45) is 6.27. The third-order valence-corrected chi connectivity index (χ3v) is 3.78. The number of carbonyl (C=O) groups is 1. The summed E-state index contributed by atoms with van der Waals surface area (Å²) >= 11 is 0. The fraction of sp³-hybridized carbons (Fsp3) is 0.600. The molecule has 0 radical (unpaired) electrons. The monoisotopic (exact) mass is 277 g/mol. The van der Waals surface area contributed by atoms with Crippen molar-refractivity contribution in [1.29, 1.82) is 0 Å². The average Bonchev–Trinajstić information content (AvgIpc) is 2.46. The molecule has 2 rings (SSSR count). The average molecular weight is 277 g/mol. The summed E-state index contributed by atoms with van der Waals surface area (Å²) in [5.74, 6) is 0.00130. The number of likely N-dealkylation sites (tertiary alicyclic amines) is 1. The maximum atomic E-state index is 12.0. The molecule has 5 nitrogen and oxygen atoms in total. The highest BCUT2D eigenvalue weighted by Gasteiger charge is 2.27. The van der Waals surface area contributed by atoms with Crippen LogP contribution in [0.15, 0.2) is 24.5 Å². The summed E-state index contributed by atoms with van der Waals surface area (Å²) in [5, 5.41) is 12.7. The van der Waals surface area contributed by atoms with Crippen LogP contribution >= 0.6 is 0 Å². The van der Waals surface area contributed by atoms with Crippen LogP contribution in [0.25, 0.3) is 0 Å². The zero-order chi connectivity index (χ0) is 14.4. The Kier molecular flexibility index (Phi) is 5.49. The molecule has 0 aliphatic carbocycles. The number of aromatic nitrogens is 1. The standard InChI is InChI=1S/C15H23N3O2/c1-12(19)14-6-2-3-8-18(14)11-15(20)17-10-13-5-4-7-16-9-13/h4-5,7,9,12,14,19H,2-3,6,8,10-11H2,1H3,(H,17,20). The number of hydrogen-bond acceptors (Lipinski definition) is 4. The van der Waals surface area contributed by atoms with Gasteiger partial charge in [0.15, 0.2) is 0 Å². The summed E-state index contributed by atoms with van der Waals surface area (Å²) in [4.78, 5) is 18.1. The number of nitrogens with zero attached hydrogens (tertiary/aromatic N) is 2. The van der Waals surface area contributed by atoms with E-state index in [0.717, 1.165) is 31.4 Å². The van der Waals surface area contributed by atoms with E-state index in [0.29, 0.717) is 13.1 Å². The number of hydrogen-bond donors (Lipinski definition) is 2. The molecule has 1 fully saturated rings. The second-order valence-electron chi connectivity index (χ2n) is 5.41. The lowest BCUT2D eigenvalue weighted by Crippen LogP contribution is -2.49. The summed E-state index contributed by atoms with van der Waals surface area (Å²) in [7, 11) is 0. The zero-order valence-corrected chi connectivity index (χ0v) is 12.0. The molecular formula is C15H23N3O2. The van der Waals surface area contributed by atoms with Crippen LogP contribution in [-0.2, 0) is 11.3 Å². The van der Waals surface area contributed by atoms with Gasteiger partial charge in [0, 0.05) is 25.0 Å². The lowest BCUT2D eigenvalue weighted by molar-refractivity contribution is -0.124. The van der Waals surface area contributed by atoms with Gasteiger partial charge in [-0.25, -0.2) is 0 Å². The van der Waals surface area contributed by atoms with Gasteiger partial charge >= 0.3 is 0 Å². The lowest BCUT2D eigenvalue weighted by atomic mass is 9.98. The molecule has 20 heavy (non-hydrogen) atoms. The predicted molar refractivity (Wildman–Crippen MR) is 77.0 cm³/mol. The molecule has 0 saturated carbocycles. The van der Waals surface area contributed by atoms with Gasteiger partial charge in [-0.2, -0.15) is 0 Å². The fourth-order valence-electron chi connectivity index (χ4n) is 2.70. The lowest BCUT2D eigenvalue weighted by Gasteiger charge is -2.36. The second kappa shape index (κ2) is 7.36. The molecule has 1 saturated heterocycles. The highest BCUT2D eigenvalue weighted by molar-refractivity contribution is 5.78. The highest BCUT2D eigenvalue weighted by atomic mass is 16.3. The summed E-state index contributed by atoms with van der Waals surface area (Å²) in [6, 6.07) is 3.90. The van der Waals surface area contributed by atoms with Crippen LogP contribution in [0.3, 0.4) is 0 Å². The first-order chi connectivity index (χ1) is 9.66. The van der Waals surface area contributed by atoms with Gasteiger partial charge < -0.3 is 10.4 Å². The normalized spacial score (nSPS) is 21.4. The molecule has 2 N–H and O–H groups in total. The Bertz CT molecular complexity index is 422. The molecule has 2 atom stereocenters. The third kappa shape index (κ3) is 4.28. The maximum absolute atomic E-state index is 12.0. The Morgan fingerprint density at radius 3 is 3.15 bits per heavy atom. The number of pyridine rings is 1. The van der Waals surface area contributed by atoms with Crippen LogP contribution in [-0.4, -0.2) is 46.1 Å². The molecule has 0 bridgehead atoms. The Labute approximate surface area is 120 Å². The molecule has 1 aromatic rings. The SMILES string of the molecule is CC(O)C1CCCCN1CC(=O)NCc1cccnc1. The van der Waals surface area contributed by atoms with Gasteiger partial charge in [0.2, 0.25) is 5.91 Å². The first-order valence-corrected chi connectivity index (χ1v) is 7.24. The van der Waals surface area contributed by atoms with Crippen molar-refractivity contribution in [3.63, 3.8) is 0 Å². The minimum Gasteiger partial charge on any atom is -0.392 e. The van der Waals surface area contributed by atoms with Crippen molar-refractivity contribution in [2.75, 3.05) is 13.1 Å². The molecule has 1 amide bonds. The van der Waals surface area contributed by atoms with Crippen molar-refractivity contribution in [1.82, 2.24) is 15.2 Å². The Morgan fingerprint density at radius 1 is 1.60 bits per heavy atom. The number of carbonyl (C=O) groups excluding carboxylic acids is 1. The van der Waals surface area contributed by atoms with E-state index in [-0.39, 0.29) is 18.1 Å². The Balaban J connectivity index is 1.81. The number of piperidine rings is 1. The highest BCUT2D eigenvalue weighted by Crippen LogP contribution is 2.19. The number of aliphatic hydroxyl groups excluding tert-OH is 1. The number of nitrogens with one attached hydrogen (secondary N) is 1. The number of aliphatic hydroxyl groups is 1. The van der Waals surface area contributed by atoms with Gasteiger partial charge in [0.1, 0.15) is 0 Å². The van der Waals surface area contributed by atoms with Crippen molar-refractivity contribution in [2.45, 2.75) is 44.9 Å². The minimum atomic E-state index is -0.388. The maximum Gasteiger partial charge on any atom is 0.234 e. The number of rotatable bonds is 5. The van der Waals surface area contributed by atoms with Crippen molar-refractivity contribution < 1.29 is 9.90 Å². The summed E-state index contributed by atoms with van der Waals surface area (Å²) < 4.78 is 0. The van der Waals surface area contributed by atoms with Crippen molar-refractivity contribution >= 4 is 5.91 Å². The first kappa shape index (κ1) is 14.9. The van der Waals surface area contributed by atoms with Crippen molar-refractivity contribution in [3.05, 3.63) is 30.1 Å². The zero-order valence-electron chi connectivity index (χ0n) is 12.0. The predicted octanol–water partition coefficient (Wildman–Crippen LogP) is 0.933. The van der Waals surface area contributed by atoms with Crippen molar-refractivity contribution in [3.8, 4) is 0 Å². The molecule has 110 valence electrons. The molecule has 0 aromatic carbocycles. The topological polar surface area (TPSA) is 65.5 Å². The minimum absolute atomic E-state index is 0.00130. The third-order valence-electron chi connectivity index (χ3n) is 3.78. The summed E-state index contributed by atoms with van der Waals surface area (Å²) in [5.41, 5.74) is 0.992. The van der Waals surface area contributed by atoms with Gasteiger partial charge in [-0.3, -0.25) is 14.7 Å². The largest absolute Gasteiger partial charge is 0.392 e. The molecule has 1 aliphatic rings. The van der Waals surface area contributed by atoms with Crippen LogP contribution in [0.5, 0.6) is 0 Å². The molecule has 1 aromatic heterocycles. The van der Waals surface area contributed by atoms with E-state index in [1.165, 1.54) is 0 Å². The molecule has 2 unspecified atom stereocenters. The van der Waals surface area contributed by atoms with Gasteiger partial charge in [-0.1, -0.05) is 12.5 Å². The van der Waals surface area contributed by atoms with Crippen LogP contribution in [0.2, 0.25) is 0 Å². The van der Waals surface area contributed by atoms with E-state index in [9.17, 15) is 9.90 Å². The number of amides is 1. The molecule has 0 spiro atoms. The van der Waals surface area contributed by atoms with Crippen LogP contribution in [0.4, 0.5) is 0 Å². The molecule has 1 aliphatic heterocycles. The van der Waals surface area contributed by atoms with Gasteiger partial charge in [0.05, 0.1) is 12.6 Å².